The second kappa shape index (κ2) is 7.53. The summed E-state index contributed by atoms with van der Waals surface area (Å²) >= 11 is 1.48. The molecule has 1 fully saturated rings. The average Bonchev–Trinajstić information content (AvgIpc) is 3.27. The van der Waals surface area contributed by atoms with Crippen LogP contribution in [0.2, 0.25) is 0 Å². The molecule has 3 rings (SSSR count). The van der Waals surface area contributed by atoms with Gasteiger partial charge in [0.2, 0.25) is 0 Å². The molecule has 3 heterocycles. The van der Waals surface area contributed by atoms with Crippen LogP contribution in [-0.4, -0.2) is 41.0 Å². The molecule has 0 aromatic carbocycles. The van der Waals surface area contributed by atoms with Crippen LogP contribution in [0.4, 0.5) is 5.82 Å². The third-order valence-electron chi connectivity index (χ3n) is 4.11. The number of nitrogens with one attached hydrogen (secondary N) is 1. The van der Waals surface area contributed by atoms with Crippen molar-refractivity contribution >= 4 is 28.8 Å². The first kappa shape index (κ1) is 16.6. The number of hydrogen-bond donors (Lipinski definition) is 1. The van der Waals surface area contributed by atoms with Crippen molar-refractivity contribution in [2.75, 3.05) is 18.0 Å². The monoisotopic (exact) mass is 344 g/mol. The summed E-state index contributed by atoms with van der Waals surface area (Å²) < 4.78 is 0. The van der Waals surface area contributed by atoms with Gasteiger partial charge in [0, 0.05) is 25.6 Å². The molecule has 1 aliphatic rings. The molecule has 7 heteroatoms. The van der Waals surface area contributed by atoms with Gasteiger partial charge in [-0.3, -0.25) is 9.59 Å². The van der Waals surface area contributed by atoms with Crippen LogP contribution in [0.15, 0.2) is 29.6 Å². The molecule has 0 radical (unpaired) electrons. The Morgan fingerprint density at radius 1 is 1.33 bits per heavy atom. The zero-order valence-corrected chi connectivity index (χ0v) is 14.4. The van der Waals surface area contributed by atoms with Gasteiger partial charge in [-0.2, -0.15) is 0 Å². The molecule has 1 saturated heterocycles. The molecular formula is C17H20N4O2S. The van der Waals surface area contributed by atoms with E-state index in [2.05, 4.69) is 20.4 Å². The first-order valence-corrected chi connectivity index (χ1v) is 9.02. The van der Waals surface area contributed by atoms with E-state index >= 15 is 0 Å². The fourth-order valence-electron chi connectivity index (χ4n) is 2.95. The van der Waals surface area contributed by atoms with E-state index in [9.17, 15) is 9.59 Å². The van der Waals surface area contributed by atoms with Crippen molar-refractivity contribution < 1.29 is 9.59 Å². The first-order chi connectivity index (χ1) is 11.7. The maximum absolute atomic E-state index is 12.3. The largest absolute Gasteiger partial charge is 0.352 e. The lowest BCUT2D eigenvalue weighted by molar-refractivity contribution is 0.0948. The van der Waals surface area contributed by atoms with Crippen molar-refractivity contribution in [2.45, 2.75) is 32.2 Å². The zero-order valence-electron chi connectivity index (χ0n) is 13.6. The molecule has 1 amide bonds. The maximum atomic E-state index is 12.3. The normalized spacial score (nSPS) is 17.0. The molecule has 2 aromatic heterocycles. The quantitative estimate of drug-likeness (QED) is 0.815. The molecule has 1 N–H and O–H groups in total. The van der Waals surface area contributed by atoms with Crippen LogP contribution in [0.1, 0.15) is 46.3 Å². The van der Waals surface area contributed by atoms with Crippen molar-refractivity contribution in [1.82, 2.24) is 15.5 Å². The summed E-state index contributed by atoms with van der Waals surface area (Å²) in [6.07, 6.45) is 2.49. The maximum Gasteiger partial charge on any atom is 0.271 e. The minimum atomic E-state index is -0.220. The molecule has 6 nitrogen and oxygen atoms in total. The Kier molecular flexibility index (Phi) is 5.20. The molecule has 0 bridgehead atoms. The van der Waals surface area contributed by atoms with Gasteiger partial charge < -0.3 is 10.2 Å². The lowest BCUT2D eigenvalue weighted by atomic mass is 10.1. The van der Waals surface area contributed by atoms with Crippen LogP contribution in [-0.2, 0) is 0 Å². The second-order valence-corrected chi connectivity index (χ2v) is 6.68. The highest BCUT2D eigenvalue weighted by Gasteiger charge is 2.28. The van der Waals surface area contributed by atoms with Crippen LogP contribution < -0.4 is 10.2 Å². The molecule has 0 spiro atoms. The lowest BCUT2D eigenvalue weighted by Crippen LogP contribution is -2.32. The third-order valence-corrected chi connectivity index (χ3v) is 5.02. The average molecular weight is 344 g/mol. The van der Waals surface area contributed by atoms with Crippen molar-refractivity contribution in [1.29, 1.82) is 0 Å². The summed E-state index contributed by atoms with van der Waals surface area (Å²) in [5.74, 6) is 0.681. The van der Waals surface area contributed by atoms with Crippen molar-refractivity contribution in [3.8, 4) is 0 Å². The molecule has 0 saturated carbocycles. The van der Waals surface area contributed by atoms with E-state index in [1.54, 1.807) is 6.07 Å². The zero-order chi connectivity index (χ0) is 16.9. The highest BCUT2D eigenvalue weighted by molar-refractivity contribution is 7.12. The standard InChI is InChI=1S/C17H20N4O2S/c1-2-18-17(23)13-7-8-16(20-19-13)21-9-3-5-12(21)11-14(22)15-6-4-10-24-15/h4,6-8,10,12H,2-3,5,9,11H2,1H3,(H,18,23). The number of Topliss-reactive ketones (excluding diaryl/α,β-unsaturated/α-hetero) is 1. The van der Waals surface area contributed by atoms with E-state index < -0.39 is 0 Å². The molecule has 126 valence electrons. The number of hydrogen-bond acceptors (Lipinski definition) is 6. The van der Waals surface area contributed by atoms with Crippen LogP contribution in [0.25, 0.3) is 0 Å². The number of ketones is 1. The van der Waals surface area contributed by atoms with Crippen molar-refractivity contribution in [2.24, 2.45) is 0 Å². The number of amides is 1. The van der Waals surface area contributed by atoms with Gasteiger partial charge in [0.05, 0.1) is 4.88 Å². The SMILES string of the molecule is CCNC(=O)c1ccc(N2CCCC2CC(=O)c2cccs2)nn1. The van der Waals surface area contributed by atoms with Crippen LogP contribution in [0.3, 0.4) is 0 Å². The molecule has 24 heavy (non-hydrogen) atoms. The summed E-state index contributed by atoms with van der Waals surface area (Å²) in [6, 6.07) is 7.41. The molecular weight excluding hydrogens is 324 g/mol. The van der Waals surface area contributed by atoms with E-state index in [-0.39, 0.29) is 17.7 Å². The van der Waals surface area contributed by atoms with E-state index in [1.807, 2.05) is 30.5 Å². The first-order valence-electron chi connectivity index (χ1n) is 8.14. The Morgan fingerprint density at radius 2 is 2.21 bits per heavy atom. The van der Waals surface area contributed by atoms with Crippen molar-refractivity contribution in [3.05, 3.63) is 40.2 Å². The molecule has 1 atom stereocenters. The fraction of sp³-hybridized carbons (Fsp3) is 0.412. The third kappa shape index (κ3) is 3.62. The lowest BCUT2D eigenvalue weighted by Gasteiger charge is -2.24. The Bertz CT molecular complexity index is 700. The smallest absolute Gasteiger partial charge is 0.271 e. The summed E-state index contributed by atoms with van der Waals surface area (Å²) in [5.41, 5.74) is 0.311. The van der Waals surface area contributed by atoms with E-state index in [0.29, 0.717) is 18.7 Å². The Morgan fingerprint density at radius 3 is 2.88 bits per heavy atom. The van der Waals surface area contributed by atoms with Crippen LogP contribution in [0.5, 0.6) is 0 Å². The van der Waals surface area contributed by atoms with E-state index in [0.717, 1.165) is 30.1 Å². The van der Waals surface area contributed by atoms with Crippen LogP contribution >= 0.6 is 11.3 Å². The summed E-state index contributed by atoms with van der Waals surface area (Å²) in [7, 11) is 0. The Labute approximate surface area is 144 Å². The van der Waals surface area contributed by atoms with Gasteiger partial charge in [-0.25, -0.2) is 0 Å². The topological polar surface area (TPSA) is 75.2 Å². The predicted molar refractivity (Wildman–Crippen MR) is 93.7 cm³/mol. The highest BCUT2D eigenvalue weighted by Crippen LogP contribution is 2.27. The number of carbonyl (C=O) groups is 2. The highest BCUT2D eigenvalue weighted by atomic mass is 32.1. The van der Waals surface area contributed by atoms with Gasteiger partial charge in [-0.05, 0) is 43.3 Å². The molecule has 1 aliphatic heterocycles. The Balaban J connectivity index is 1.69. The summed E-state index contributed by atoms with van der Waals surface area (Å²) in [4.78, 5) is 27.0. The molecule has 0 aliphatic carbocycles. The minimum Gasteiger partial charge on any atom is -0.352 e. The summed E-state index contributed by atoms with van der Waals surface area (Å²) in [5, 5.41) is 12.8. The van der Waals surface area contributed by atoms with Gasteiger partial charge >= 0.3 is 0 Å². The number of thiophene rings is 1. The number of carbonyl (C=O) groups excluding carboxylic acids is 2. The van der Waals surface area contributed by atoms with Crippen molar-refractivity contribution in [3.63, 3.8) is 0 Å². The second-order valence-electron chi connectivity index (χ2n) is 5.73. The van der Waals surface area contributed by atoms with Crippen LogP contribution in [0, 0.1) is 0 Å². The summed E-state index contributed by atoms with van der Waals surface area (Å²) in [6.45, 7) is 3.28. The molecule has 2 aromatic rings. The van der Waals surface area contributed by atoms with Gasteiger partial charge in [0.25, 0.3) is 5.91 Å². The number of rotatable bonds is 6. The van der Waals surface area contributed by atoms with Gasteiger partial charge in [-0.1, -0.05) is 6.07 Å². The number of aromatic nitrogens is 2. The number of anilines is 1. The van der Waals surface area contributed by atoms with Gasteiger partial charge in [-0.15, -0.1) is 21.5 Å². The fourth-order valence-corrected chi connectivity index (χ4v) is 3.63. The Hall–Kier alpha value is -2.28. The molecule has 1 unspecified atom stereocenters. The van der Waals surface area contributed by atoms with Gasteiger partial charge in [0.1, 0.15) is 0 Å². The minimum absolute atomic E-state index is 0.143. The van der Waals surface area contributed by atoms with E-state index in [1.165, 1.54) is 11.3 Å². The van der Waals surface area contributed by atoms with Gasteiger partial charge in [0.15, 0.2) is 17.3 Å². The van der Waals surface area contributed by atoms with E-state index in [4.69, 9.17) is 0 Å². The number of nitrogens with zero attached hydrogens (tertiary/aromatic N) is 3. The predicted octanol–water partition coefficient (Wildman–Crippen LogP) is 2.53.